The number of hydrogen-bond acceptors (Lipinski definition) is 4. The molecule has 0 aliphatic heterocycles. The Kier molecular flexibility index (Phi) is 5.88. The van der Waals surface area contributed by atoms with E-state index in [-0.39, 0.29) is 5.56 Å². The zero-order valence-electron chi connectivity index (χ0n) is 12.4. The second-order valence-electron chi connectivity index (χ2n) is 5.47. The van der Waals surface area contributed by atoms with Crippen LogP contribution in [0.1, 0.15) is 24.2 Å². The van der Waals surface area contributed by atoms with Crippen molar-refractivity contribution in [3.8, 4) is 0 Å². The quantitative estimate of drug-likeness (QED) is 0.829. The van der Waals surface area contributed by atoms with Crippen LogP contribution in [0.3, 0.4) is 0 Å². The number of carbonyl (C=O) groups is 1. The van der Waals surface area contributed by atoms with Crippen molar-refractivity contribution in [2.24, 2.45) is 5.92 Å². The molecule has 5 nitrogen and oxygen atoms in total. The fourth-order valence-corrected chi connectivity index (χ4v) is 1.89. The van der Waals surface area contributed by atoms with E-state index in [0.29, 0.717) is 24.8 Å². The summed E-state index contributed by atoms with van der Waals surface area (Å²) in [6.07, 6.45) is 1.06. The average molecular weight is 283 g/mol. The molecule has 0 aliphatic rings. The standard InChI is InChI=1S/C14H22FN3O2/c1-10(2)9-18(6-5-17(3)4)13-12(14(19)20)7-11(15)8-16-13/h7-8,10H,5-6,9H2,1-4H3,(H,19,20). The summed E-state index contributed by atoms with van der Waals surface area (Å²) in [7, 11) is 3.90. The van der Waals surface area contributed by atoms with Crippen molar-refractivity contribution in [3.63, 3.8) is 0 Å². The number of carboxylic acids is 1. The summed E-state index contributed by atoms with van der Waals surface area (Å²) < 4.78 is 13.2. The zero-order valence-corrected chi connectivity index (χ0v) is 12.4. The minimum Gasteiger partial charge on any atom is -0.478 e. The summed E-state index contributed by atoms with van der Waals surface area (Å²) in [5, 5.41) is 9.21. The van der Waals surface area contributed by atoms with Crippen LogP contribution >= 0.6 is 0 Å². The van der Waals surface area contributed by atoms with Gasteiger partial charge in [0.1, 0.15) is 17.2 Å². The molecule has 0 atom stereocenters. The number of rotatable bonds is 7. The van der Waals surface area contributed by atoms with Crippen LogP contribution in [0.4, 0.5) is 10.2 Å². The summed E-state index contributed by atoms with van der Waals surface area (Å²) in [5.74, 6) is -1.12. The number of pyridine rings is 1. The Balaban J connectivity index is 3.08. The van der Waals surface area contributed by atoms with Gasteiger partial charge in [-0.2, -0.15) is 0 Å². The number of anilines is 1. The molecule has 20 heavy (non-hydrogen) atoms. The minimum atomic E-state index is -1.16. The van der Waals surface area contributed by atoms with Crippen LogP contribution in [0.25, 0.3) is 0 Å². The third-order valence-corrected chi connectivity index (χ3v) is 2.77. The van der Waals surface area contributed by atoms with Crippen molar-refractivity contribution < 1.29 is 14.3 Å². The third-order valence-electron chi connectivity index (χ3n) is 2.77. The van der Waals surface area contributed by atoms with Crippen LogP contribution in [0.2, 0.25) is 0 Å². The lowest BCUT2D eigenvalue weighted by molar-refractivity contribution is 0.0696. The fraction of sp³-hybridized carbons (Fsp3) is 0.571. The van der Waals surface area contributed by atoms with Gasteiger partial charge >= 0.3 is 5.97 Å². The lowest BCUT2D eigenvalue weighted by Crippen LogP contribution is -2.36. The van der Waals surface area contributed by atoms with Gasteiger partial charge in [0.2, 0.25) is 0 Å². The predicted molar refractivity (Wildman–Crippen MR) is 76.8 cm³/mol. The highest BCUT2D eigenvalue weighted by atomic mass is 19.1. The van der Waals surface area contributed by atoms with Crippen molar-refractivity contribution in [1.29, 1.82) is 0 Å². The van der Waals surface area contributed by atoms with E-state index in [1.54, 1.807) is 0 Å². The van der Waals surface area contributed by atoms with Crippen LogP contribution in [0.5, 0.6) is 0 Å². The average Bonchev–Trinajstić information content (AvgIpc) is 2.33. The van der Waals surface area contributed by atoms with Crippen molar-refractivity contribution in [2.45, 2.75) is 13.8 Å². The van der Waals surface area contributed by atoms with E-state index < -0.39 is 11.8 Å². The van der Waals surface area contributed by atoms with E-state index in [1.165, 1.54) is 0 Å². The van der Waals surface area contributed by atoms with E-state index >= 15 is 0 Å². The van der Waals surface area contributed by atoms with Crippen LogP contribution in [0, 0.1) is 11.7 Å². The molecule has 0 unspecified atom stereocenters. The molecule has 0 bridgehead atoms. The Morgan fingerprint density at radius 2 is 2.05 bits per heavy atom. The second-order valence-corrected chi connectivity index (χ2v) is 5.47. The van der Waals surface area contributed by atoms with Crippen molar-refractivity contribution in [2.75, 3.05) is 38.6 Å². The van der Waals surface area contributed by atoms with E-state index in [4.69, 9.17) is 0 Å². The molecule has 0 aromatic carbocycles. The molecule has 0 fully saturated rings. The summed E-state index contributed by atoms with van der Waals surface area (Å²) in [4.78, 5) is 19.1. The molecule has 1 heterocycles. The van der Waals surface area contributed by atoms with E-state index in [0.717, 1.165) is 18.8 Å². The number of aromatic nitrogens is 1. The second kappa shape index (κ2) is 7.19. The Hall–Kier alpha value is -1.69. The molecule has 0 spiro atoms. The number of nitrogens with zero attached hydrogens (tertiary/aromatic N) is 3. The Morgan fingerprint density at radius 3 is 2.55 bits per heavy atom. The highest BCUT2D eigenvalue weighted by molar-refractivity contribution is 5.93. The predicted octanol–water partition coefficient (Wildman–Crippen LogP) is 1.94. The van der Waals surface area contributed by atoms with Crippen molar-refractivity contribution >= 4 is 11.8 Å². The normalized spacial score (nSPS) is 11.2. The highest BCUT2D eigenvalue weighted by Crippen LogP contribution is 2.19. The van der Waals surface area contributed by atoms with Gasteiger partial charge in [0.05, 0.1) is 6.20 Å². The maximum absolute atomic E-state index is 13.2. The van der Waals surface area contributed by atoms with Gasteiger partial charge in [-0.3, -0.25) is 0 Å². The lowest BCUT2D eigenvalue weighted by atomic mass is 10.1. The number of carboxylic acid groups (broad SMARTS) is 1. The highest BCUT2D eigenvalue weighted by Gasteiger charge is 2.19. The summed E-state index contributed by atoms with van der Waals surface area (Å²) >= 11 is 0. The molecule has 0 saturated carbocycles. The molecular formula is C14H22FN3O2. The summed E-state index contributed by atoms with van der Waals surface area (Å²) in [6.45, 7) is 6.18. The zero-order chi connectivity index (χ0) is 15.3. The van der Waals surface area contributed by atoms with Gasteiger partial charge in [-0.15, -0.1) is 0 Å². The molecular weight excluding hydrogens is 261 g/mol. The first-order chi connectivity index (χ1) is 9.31. The van der Waals surface area contributed by atoms with Crippen LogP contribution in [-0.2, 0) is 0 Å². The number of aromatic carboxylic acids is 1. The maximum atomic E-state index is 13.2. The van der Waals surface area contributed by atoms with Gasteiger partial charge in [-0.25, -0.2) is 14.2 Å². The van der Waals surface area contributed by atoms with Crippen LogP contribution in [-0.4, -0.2) is 54.7 Å². The van der Waals surface area contributed by atoms with Gasteiger partial charge in [0.15, 0.2) is 0 Å². The van der Waals surface area contributed by atoms with Gasteiger partial charge in [0.25, 0.3) is 0 Å². The van der Waals surface area contributed by atoms with E-state index in [9.17, 15) is 14.3 Å². The van der Waals surface area contributed by atoms with Gasteiger partial charge < -0.3 is 14.9 Å². The van der Waals surface area contributed by atoms with Gasteiger partial charge in [-0.1, -0.05) is 13.8 Å². The monoisotopic (exact) mass is 283 g/mol. The lowest BCUT2D eigenvalue weighted by Gasteiger charge is -2.28. The van der Waals surface area contributed by atoms with Crippen LogP contribution in [0.15, 0.2) is 12.3 Å². The van der Waals surface area contributed by atoms with Crippen molar-refractivity contribution in [1.82, 2.24) is 9.88 Å². The van der Waals surface area contributed by atoms with E-state index in [1.807, 2.05) is 37.7 Å². The van der Waals surface area contributed by atoms with Crippen LogP contribution < -0.4 is 4.90 Å². The summed E-state index contributed by atoms with van der Waals surface area (Å²) in [5.41, 5.74) is -0.0931. The van der Waals surface area contributed by atoms with Gasteiger partial charge in [0, 0.05) is 19.6 Å². The van der Waals surface area contributed by atoms with Crippen molar-refractivity contribution in [3.05, 3.63) is 23.6 Å². The Bertz CT molecular complexity index is 464. The molecule has 6 heteroatoms. The number of likely N-dealkylation sites (N-methyl/N-ethyl adjacent to an activating group) is 1. The first-order valence-corrected chi connectivity index (χ1v) is 6.59. The fourth-order valence-electron chi connectivity index (χ4n) is 1.89. The third kappa shape index (κ3) is 4.77. The van der Waals surface area contributed by atoms with Gasteiger partial charge in [-0.05, 0) is 26.1 Å². The number of hydrogen-bond donors (Lipinski definition) is 1. The molecule has 1 aromatic rings. The molecule has 0 aliphatic carbocycles. The minimum absolute atomic E-state index is 0.0931. The Morgan fingerprint density at radius 1 is 1.40 bits per heavy atom. The topological polar surface area (TPSA) is 56.7 Å². The first kappa shape index (κ1) is 16.4. The molecule has 0 amide bonds. The SMILES string of the molecule is CC(C)CN(CCN(C)C)c1ncc(F)cc1C(=O)O. The number of halogens is 1. The molecule has 1 rings (SSSR count). The summed E-state index contributed by atoms with van der Waals surface area (Å²) in [6, 6.07) is 1.02. The smallest absolute Gasteiger partial charge is 0.339 e. The molecule has 1 aromatic heterocycles. The van der Waals surface area contributed by atoms with E-state index in [2.05, 4.69) is 4.98 Å². The molecule has 1 N–H and O–H groups in total. The Labute approximate surface area is 119 Å². The first-order valence-electron chi connectivity index (χ1n) is 6.59. The molecule has 112 valence electrons. The molecule has 0 saturated heterocycles. The molecule has 0 radical (unpaired) electrons. The largest absolute Gasteiger partial charge is 0.478 e. The maximum Gasteiger partial charge on any atom is 0.339 e.